The summed E-state index contributed by atoms with van der Waals surface area (Å²) in [6.45, 7) is 6.05. The summed E-state index contributed by atoms with van der Waals surface area (Å²) in [4.78, 5) is 23.5. The molecule has 0 aromatic heterocycles. The Balaban J connectivity index is 0.000000148. The predicted octanol–water partition coefficient (Wildman–Crippen LogP) is 7.67. The number of aliphatic hydroxyl groups excluding tert-OH is 1. The molecule has 242 valence electrons. The molecule has 5 fully saturated rings. The van der Waals surface area contributed by atoms with Gasteiger partial charge in [0, 0.05) is 18.8 Å². The zero-order valence-corrected chi connectivity index (χ0v) is 27.5. The molecule has 0 spiro atoms. The van der Waals surface area contributed by atoms with Gasteiger partial charge in [0.25, 0.3) is 0 Å². The number of ether oxygens (including phenoxy) is 1. The molecule has 0 aliphatic heterocycles. The number of carbonyl (C=O) groups excluding carboxylic acids is 2. The minimum Gasteiger partial charge on any atom is -0.508 e. The van der Waals surface area contributed by atoms with E-state index in [4.69, 9.17) is 11.2 Å². The third-order valence-electron chi connectivity index (χ3n) is 14.6. The van der Waals surface area contributed by atoms with E-state index in [0.29, 0.717) is 53.5 Å². The van der Waals surface area contributed by atoms with Gasteiger partial charge < -0.3 is 14.9 Å². The Kier molecular flexibility index (Phi) is 7.79. The number of allylic oxidation sites excluding steroid dienone is 1. The Bertz CT molecular complexity index is 1440. The molecule has 1 aromatic carbocycles. The summed E-state index contributed by atoms with van der Waals surface area (Å²) in [5.41, 5.74) is 3.56. The van der Waals surface area contributed by atoms with E-state index in [9.17, 15) is 19.8 Å². The summed E-state index contributed by atoms with van der Waals surface area (Å²) >= 11 is 0. The topological polar surface area (TPSA) is 83.8 Å². The first-order valence-corrected chi connectivity index (χ1v) is 17.9. The lowest BCUT2D eigenvalue weighted by Gasteiger charge is -2.55. The standard InChI is InChI=1S/C22H28O3.C18H24O2/c1-4-22(25-14(2)23)12-10-20-19-7-5-15-13-16(24)6-8-17(15)18(19)9-11-21(20,22)3;1-18-9-8-14-13-5-3-12(19)10-11(13)2-4-15(14)16(18)6-7-17(18)20/h1,13,17-20H,5-12H2,2-3H3;3,5,10,14-17,19-20H,2,4,6-9H2,1H3/t17-,18+,19+,20-,21-,22-;14-,15-,16+,17-,18+/m01/s1. The molecule has 0 radical (unpaired) electrons. The Morgan fingerprint density at radius 2 is 1.69 bits per heavy atom. The number of terminal acetylenes is 1. The van der Waals surface area contributed by atoms with Crippen molar-refractivity contribution < 1.29 is 24.5 Å². The molecule has 2 N–H and O–H groups in total. The molecule has 8 rings (SSSR count). The van der Waals surface area contributed by atoms with E-state index in [0.717, 1.165) is 70.1 Å². The van der Waals surface area contributed by atoms with Crippen molar-refractivity contribution in [3.05, 3.63) is 41.0 Å². The minimum atomic E-state index is -0.729. The van der Waals surface area contributed by atoms with Crippen molar-refractivity contribution in [2.75, 3.05) is 0 Å². The van der Waals surface area contributed by atoms with Gasteiger partial charge in [-0.1, -0.05) is 31.4 Å². The largest absolute Gasteiger partial charge is 0.508 e. The summed E-state index contributed by atoms with van der Waals surface area (Å²) in [6, 6.07) is 5.96. The number of aliphatic hydroxyl groups is 1. The summed E-state index contributed by atoms with van der Waals surface area (Å²) in [7, 11) is 0. The molecule has 0 amide bonds. The second kappa shape index (κ2) is 11.3. The van der Waals surface area contributed by atoms with Crippen LogP contribution in [0.3, 0.4) is 0 Å². The Hall–Kier alpha value is -2.58. The van der Waals surface area contributed by atoms with Gasteiger partial charge in [-0.15, -0.1) is 6.42 Å². The number of rotatable bonds is 1. The number of phenols is 1. The molecule has 5 nitrogen and oxygen atoms in total. The van der Waals surface area contributed by atoms with Gasteiger partial charge in [0.2, 0.25) is 0 Å². The van der Waals surface area contributed by atoms with Gasteiger partial charge in [-0.25, -0.2) is 0 Å². The van der Waals surface area contributed by atoms with Gasteiger partial charge in [-0.2, -0.15) is 0 Å². The molecule has 0 bridgehead atoms. The maximum Gasteiger partial charge on any atom is 0.304 e. The van der Waals surface area contributed by atoms with Crippen LogP contribution in [0, 0.1) is 58.7 Å². The lowest BCUT2D eigenvalue weighted by molar-refractivity contribution is -0.167. The molecule has 1 aromatic rings. The summed E-state index contributed by atoms with van der Waals surface area (Å²) < 4.78 is 5.79. The number of esters is 1. The van der Waals surface area contributed by atoms with Gasteiger partial charge in [0.1, 0.15) is 5.75 Å². The maximum atomic E-state index is 11.8. The van der Waals surface area contributed by atoms with Gasteiger partial charge in [0.15, 0.2) is 11.4 Å². The van der Waals surface area contributed by atoms with Crippen LogP contribution < -0.4 is 0 Å². The van der Waals surface area contributed by atoms with Crippen molar-refractivity contribution in [2.24, 2.45) is 46.3 Å². The van der Waals surface area contributed by atoms with Crippen LogP contribution in [0.15, 0.2) is 29.8 Å². The lowest BCUT2D eigenvalue weighted by atomic mass is 9.50. The summed E-state index contributed by atoms with van der Waals surface area (Å²) in [5.74, 6) is 7.90. The molecular weight excluding hydrogens is 560 g/mol. The molecule has 11 atom stereocenters. The fraction of sp³-hybridized carbons (Fsp3) is 0.700. The average Bonchev–Trinajstić information content (AvgIpc) is 3.49. The van der Waals surface area contributed by atoms with Crippen molar-refractivity contribution in [2.45, 2.75) is 128 Å². The number of benzene rings is 1. The van der Waals surface area contributed by atoms with Gasteiger partial charge in [0.05, 0.1) is 6.10 Å². The van der Waals surface area contributed by atoms with Crippen LogP contribution in [-0.2, 0) is 20.7 Å². The molecule has 0 unspecified atom stereocenters. The second-order valence-electron chi connectivity index (χ2n) is 16.3. The molecule has 7 aliphatic rings. The highest BCUT2D eigenvalue weighted by atomic mass is 16.6. The zero-order valence-electron chi connectivity index (χ0n) is 27.5. The van der Waals surface area contributed by atoms with E-state index in [-0.39, 0.29) is 22.9 Å². The number of aromatic hydroxyl groups is 1. The first-order chi connectivity index (χ1) is 21.5. The lowest BCUT2D eigenvalue weighted by Crippen LogP contribution is -2.53. The fourth-order valence-electron chi connectivity index (χ4n) is 12.4. The van der Waals surface area contributed by atoms with Crippen molar-refractivity contribution in [1.29, 1.82) is 0 Å². The highest BCUT2D eigenvalue weighted by molar-refractivity contribution is 5.91. The number of aryl methyl sites for hydroxylation is 1. The molecule has 5 saturated carbocycles. The first kappa shape index (κ1) is 31.0. The molecule has 5 heteroatoms. The smallest absolute Gasteiger partial charge is 0.304 e. The van der Waals surface area contributed by atoms with Gasteiger partial charge in [-0.3, -0.25) is 9.59 Å². The van der Waals surface area contributed by atoms with Crippen molar-refractivity contribution in [3.63, 3.8) is 0 Å². The second-order valence-corrected chi connectivity index (χ2v) is 16.3. The quantitative estimate of drug-likeness (QED) is 0.251. The van der Waals surface area contributed by atoms with Crippen LogP contribution in [0.25, 0.3) is 0 Å². The molecular formula is C40H52O5. The molecule has 0 heterocycles. The Labute approximate surface area is 269 Å². The Morgan fingerprint density at radius 1 is 0.889 bits per heavy atom. The monoisotopic (exact) mass is 612 g/mol. The van der Waals surface area contributed by atoms with Crippen molar-refractivity contribution in [1.82, 2.24) is 0 Å². The number of phenolic OH excluding ortho intramolecular Hbond substituents is 1. The van der Waals surface area contributed by atoms with Crippen LogP contribution >= 0.6 is 0 Å². The highest BCUT2D eigenvalue weighted by Crippen LogP contribution is 2.66. The Morgan fingerprint density at radius 3 is 2.47 bits per heavy atom. The first-order valence-electron chi connectivity index (χ1n) is 17.9. The molecule has 45 heavy (non-hydrogen) atoms. The highest BCUT2D eigenvalue weighted by Gasteiger charge is 2.64. The minimum absolute atomic E-state index is 0.0883. The number of hydrogen-bond donors (Lipinski definition) is 2. The van der Waals surface area contributed by atoms with Crippen LogP contribution in [0.1, 0.15) is 121 Å². The van der Waals surface area contributed by atoms with Crippen LogP contribution in [-0.4, -0.2) is 33.7 Å². The van der Waals surface area contributed by atoms with E-state index in [1.54, 1.807) is 0 Å². The number of hydrogen-bond acceptors (Lipinski definition) is 5. The van der Waals surface area contributed by atoms with E-state index < -0.39 is 5.60 Å². The van der Waals surface area contributed by atoms with Crippen LogP contribution in [0.5, 0.6) is 5.75 Å². The van der Waals surface area contributed by atoms with Crippen LogP contribution in [0.2, 0.25) is 0 Å². The maximum absolute atomic E-state index is 11.8. The van der Waals surface area contributed by atoms with E-state index >= 15 is 0 Å². The molecule has 7 aliphatic carbocycles. The van der Waals surface area contributed by atoms with E-state index in [2.05, 4.69) is 25.8 Å². The SMILES string of the molecule is C#C[C@]1(OC(C)=O)CC[C@H]2[C@@H]3CCC4=CC(=O)CC[C@@H]4[C@H]3CC[C@@]21C.C[C@]12CC[C@@H]3c4ccc(O)cc4CC[C@H]3[C@@H]1CC[C@H]2O. The third kappa shape index (κ3) is 4.83. The number of fused-ring (bicyclic) bond motifs is 10. The summed E-state index contributed by atoms with van der Waals surface area (Å²) in [6.07, 6.45) is 22.6. The average molecular weight is 613 g/mol. The summed E-state index contributed by atoms with van der Waals surface area (Å²) in [5, 5.41) is 20.0. The van der Waals surface area contributed by atoms with Crippen molar-refractivity contribution in [3.8, 4) is 18.1 Å². The number of carbonyl (C=O) groups is 2. The fourth-order valence-corrected chi connectivity index (χ4v) is 12.4. The van der Waals surface area contributed by atoms with Gasteiger partial charge >= 0.3 is 5.97 Å². The van der Waals surface area contributed by atoms with E-state index in [1.807, 2.05) is 18.2 Å². The van der Waals surface area contributed by atoms with Gasteiger partial charge in [-0.05, 0) is 160 Å². The van der Waals surface area contributed by atoms with Crippen LogP contribution in [0.4, 0.5) is 0 Å². The molecule has 0 saturated heterocycles. The van der Waals surface area contributed by atoms with Crippen molar-refractivity contribution >= 4 is 11.8 Å². The number of ketones is 1. The predicted molar refractivity (Wildman–Crippen MR) is 174 cm³/mol. The normalized spacial score (nSPS) is 44.2. The third-order valence-corrected chi connectivity index (χ3v) is 14.6. The zero-order chi connectivity index (χ0) is 31.7. The van der Waals surface area contributed by atoms with E-state index in [1.165, 1.54) is 42.9 Å².